The van der Waals surface area contributed by atoms with E-state index in [9.17, 15) is 9.90 Å². The number of aromatic hydroxyl groups is 1. The highest BCUT2D eigenvalue weighted by atomic mass is 16.6. The molecule has 1 rings (SSSR count). The normalized spacial score (nSPS) is 12.8. The highest BCUT2D eigenvalue weighted by Gasteiger charge is 2.15. The molecule has 0 aliphatic rings. The molecule has 0 radical (unpaired) electrons. The van der Waals surface area contributed by atoms with Crippen LogP contribution in [0.1, 0.15) is 45.6 Å². The van der Waals surface area contributed by atoms with Crippen LogP contribution < -0.4 is 5.32 Å². The molecular weight excluding hydrogens is 242 g/mol. The van der Waals surface area contributed by atoms with Crippen LogP contribution in [0, 0.1) is 0 Å². The molecule has 0 spiro atoms. The van der Waals surface area contributed by atoms with Crippen LogP contribution >= 0.6 is 0 Å². The number of phenols is 1. The summed E-state index contributed by atoms with van der Waals surface area (Å²) in [6.07, 6.45) is 0.440. The van der Waals surface area contributed by atoms with Crippen molar-refractivity contribution in [3.05, 3.63) is 29.8 Å². The summed E-state index contributed by atoms with van der Waals surface area (Å²) in [4.78, 5) is 11.5. The minimum Gasteiger partial charge on any atom is -0.508 e. The molecular formula is C15H23NO3. The minimum atomic E-state index is -0.466. The van der Waals surface area contributed by atoms with Gasteiger partial charge in [-0.1, -0.05) is 19.1 Å². The number of rotatable bonds is 4. The maximum Gasteiger partial charge on any atom is 0.407 e. The lowest BCUT2D eigenvalue weighted by Gasteiger charge is -2.20. The summed E-state index contributed by atoms with van der Waals surface area (Å²) in [7, 11) is 0. The van der Waals surface area contributed by atoms with E-state index in [1.165, 1.54) is 0 Å². The molecule has 106 valence electrons. The van der Waals surface area contributed by atoms with E-state index < -0.39 is 5.60 Å². The molecule has 4 nitrogen and oxygen atoms in total. The molecule has 0 heterocycles. The van der Waals surface area contributed by atoms with Crippen LogP contribution in [0.2, 0.25) is 0 Å². The van der Waals surface area contributed by atoms with E-state index in [4.69, 9.17) is 4.74 Å². The van der Waals surface area contributed by atoms with Crippen molar-refractivity contribution in [2.45, 2.75) is 45.6 Å². The van der Waals surface area contributed by atoms with Gasteiger partial charge in [0.15, 0.2) is 0 Å². The Morgan fingerprint density at radius 1 is 1.32 bits per heavy atom. The van der Waals surface area contributed by atoms with Crippen LogP contribution in [0.15, 0.2) is 24.3 Å². The van der Waals surface area contributed by atoms with Gasteiger partial charge in [-0.2, -0.15) is 0 Å². The Balaban J connectivity index is 2.33. The second-order valence-corrected chi connectivity index (χ2v) is 5.71. The summed E-state index contributed by atoms with van der Waals surface area (Å²) >= 11 is 0. The van der Waals surface area contributed by atoms with E-state index >= 15 is 0 Å². The number of amides is 1. The molecule has 1 aromatic rings. The lowest BCUT2D eigenvalue weighted by atomic mass is 9.98. The molecule has 0 aliphatic heterocycles. The van der Waals surface area contributed by atoms with Crippen molar-refractivity contribution < 1.29 is 14.6 Å². The van der Waals surface area contributed by atoms with Gasteiger partial charge in [0.25, 0.3) is 0 Å². The van der Waals surface area contributed by atoms with Gasteiger partial charge in [0.1, 0.15) is 11.4 Å². The summed E-state index contributed by atoms with van der Waals surface area (Å²) in [5, 5.41) is 12.0. The Morgan fingerprint density at radius 3 is 2.42 bits per heavy atom. The molecule has 0 aromatic heterocycles. The Kier molecular flexibility index (Phi) is 5.21. The molecule has 0 saturated carbocycles. The zero-order valence-corrected chi connectivity index (χ0v) is 12.1. The highest BCUT2D eigenvalue weighted by Crippen LogP contribution is 2.20. The molecule has 19 heavy (non-hydrogen) atoms. The number of alkyl carbamates (subject to hydrolysis) is 1. The van der Waals surface area contributed by atoms with Crippen molar-refractivity contribution in [1.82, 2.24) is 5.32 Å². The Bertz CT molecular complexity index is 406. The van der Waals surface area contributed by atoms with Gasteiger partial charge in [-0.05, 0) is 50.8 Å². The predicted octanol–water partition coefficient (Wildman–Crippen LogP) is 3.41. The van der Waals surface area contributed by atoms with Gasteiger partial charge in [-0.15, -0.1) is 0 Å². The molecule has 0 aliphatic carbocycles. The lowest BCUT2D eigenvalue weighted by molar-refractivity contribution is 0.0526. The first-order valence-corrected chi connectivity index (χ1v) is 6.54. The molecule has 1 atom stereocenters. The summed E-state index contributed by atoms with van der Waals surface area (Å²) in [6.45, 7) is 8.17. The van der Waals surface area contributed by atoms with Crippen molar-refractivity contribution in [3.63, 3.8) is 0 Å². The van der Waals surface area contributed by atoms with Gasteiger partial charge in [-0.3, -0.25) is 0 Å². The first-order chi connectivity index (χ1) is 8.78. The fourth-order valence-electron chi connectivity index (χ4n) is 1.67. The van der Waals surface area contributed by atoms with Crippen molar-refractivity contribution in [3.8, 4) is 5.75 Å². The first kappa shape index (κ1) is 15.3. The third kappa shape index (κ3) is 6.13. The van der Waals surface area contributed by atoms with Crippen LogP contribution in [0.3, 0.4) is 0 Å². The number of hydrogen-bond donors (Lipinski definition) is 2. The van der Waals surface area contributed by atoms with E-state index in [1.54, 1.807) is 12.1 Å². The van der Waals surface area contributed by atoms with Crippen LogP contribution in [-0.2, 0) is 4.74 Å². The minimum absolute atomic E-state index is 0.267. The van der Waals surface area contributed by atoms with Gasteiger partial charge < -0.3 is 15.2 Å². The van der Waals surface area contributed by atoms with Gasteiger partial charge in [0.2, 0.25) is 0 Å². The molecule has 1 unspecified atom stereocenters. The van der Waals surface area contributed by atoms with Crippen molar-refractivity contribution in [2.24, 2.45) is 0 Å². The van der Waals surface area contributed by atoms with E-state index in [0.717, 1.165) is 12.0 Å². The SMILES string of the molecule is CC(CCNC(=O)OC(C)(C)C)c1ccc(O)cc1. The second kappa shape index (κ2) is 6.45. The molecule has 1 amide bonds. The van der Waals surface area contributed by atoms with Crippen LogP contribution in [0.25, 0.3) is 0 Å². The number of hydrogen-bond acceptors (Lipinski definition) is 3. The quantitative estimate of drug-likeness (QED) is 0.877. The average Bonchev–Trinajstić information content (AvgIpc) is 2.27. The maximum atomic E-state index is 11.5. The number of carbonyl (C=O) groups excluding carboxylic acids is 1. The van der Waals surface area contributed by atoms with E-state index in [-0.39, 0.29) is 11.8 Å². The fourth-order valence-corrected chi connectivity index (χ4v) is 1.67. The Morgan fingerprint density at radius 2 is 1.89 bits per heavy atom. The van der Waals surface area contributed by atoms with E-state index in [2.05, 4.69) is 12.2 Å². The third-order valence-corrected chi connectivity index (χ3v) is 2.71. The van der Waals surface area contributed by atoms with Gasteiger partial charge in [0, 0.05) is 6.54 Å². The summed E-state index contributed by atoms with van der Waals surface area (Å²) in [5.74, 6) is 0.582. The third-order valence-electron chi connectivity index (χ3n) is 2.71. The Labute approximate surface area is 114 Å². The van der Waals surface area contributed by atoms with Crippen molar-refractivity contribution in [2.75, 3.05) is 6.54 Å². The standard InChI is InChI=1S/C15H23NO3/c1-11(12-5-7-13(17)8-6-12)9-10-16-14(18)19-15(2,3)4/h5-8,11,17H,9-10H2,1-4H3,(H,16,18). The van der Waals surface area contributed by atoms with Crippen LogP contribution in [0.5, 0.6) is 5.75 Å². The fraction of sp³-hybridized carbons (Fsp3) is 0.533. The zero-order chi connectivity index (χ0) is 14.5. The van der Waals surface area contributed by atoms with Gasteiger partial charge in [-0.25, -0.2) is 4.79 Å². The summed E-state index contributed by atoms with van der Waals surface area (Å²) < 4.78 is 5.16. The van der Waals surface area contributed by atoms with Gasteiger partial charge in [0.05, 0.1) is 0 Å². The van der Waals surface area contributed by atoms with Crippen LogP contribution in [-0.4, -0.2) is 23.3 Å². The zero-order valence-electron chi connectivity index (χ0n) is 12.1. The number of benzene rings is 1. The first-order valence-electron chi connectivity index (χ1n) is 6.54. The molecule has 0 fully saturated rings. The molecule has 0 saturated heterocycles. The molecule has 4 heteroatoms. The smallest absolute Gasteiger partial charge is 0.407 e. The molecule has 0 bridgehead atoms. The number of nitrogens with one attached hydrogen (secondary N) is 1. The van der Waals surface area contributed by atoms with Crippen molar-refractivity contribution in [1.29, 1.82) is 0 Å². The Hall–Kier alpha value is -1.71. The second-order valence-electron chi connectivity index (χ2n) is 5.71. The highest BCUT2D eigenvalue weighted by molar-refractivity contribution is 5.67. The van der Waals surface area contributed by atoms with Gasteiger partial charge >= 0.3 is 6.09 Å². The van der Waals surface area contributed by atoms with Crippen LogP contribution in [0.4, 0.5) is 4.79 Å². The number of phenolic OH excluding ortho intramolecular Hbond substituents is 1. The molecule has 2 N–H and O–H groups in total. The average molecular weight is 265 g/mol. The summed E-state index contributed by atoms with van der Waals surface area (Å²) in [5.41, 5.74) is 0.677. The van der Waals surface area contributed by atoms with E-state index in [1.807, 2.05) is 32.9 Å². The number of ether oxygens (including phenoxy) is 1. The maximum absolute atomic E-state index is 11.5. The number of carbonyl (C=O) groups is 1. The van der Waals surface area contributed by atoms with Crippen molar-refractivity contribution >= 4 is 6.09 Å². The monoisotopic (exact) mass is 265 g/mol. The largest absolute Gasteiger partial charge is 0.508 e. The molecule has 1 aromatic carbocycles. The van der Waals surface area contributed by atoms with E-state index in [0.29, 0.717) is 12.5 Å². The lowest BCUT2D eigenvalue weighted by Crippen LogP contribution is -2.33. The summed E-state index contributed by atoms with van der Waals surface area (Å²) in [6, 6.07) is 7.14. The predicted molar refractivity (Wildman–Crippen MR) is 75.4 cm³/mol. The topological polar surface area (TPSA) is 58.6 Å².